The molecule has 0 N–H and O–H groups in total. The zero-order chi connectivity index (χ0) is 53.8. The van der Waals surface area contributed by atoms with Crippen LogP contribution in [0.4, 0.5) is 39.5 Å². The first-order valence-corrected chi connectivity index (χ1v) is 20.6. The summed E-state index contributed by atoms with van der Waals surface area (Å²) < 4.78 is 143. The van der Waals surface area contributed by atoms with Crippen molar-refractivity contribution in [2.75, 3.05) is 52.9 Å². The van der Waals surface area contributed by atoms with Crippen LogP contribution in [-0.2, 0) is 76.3 Å². The lowest BCUT2D eigenvalue weighted by molar-refractivity contribution is -0.201. The highest BCUT2D eigenvalue weighted by molar-refractivity contribution is 5.79. The van der Waals surface area contributed by atoms with Gasteiger partial charge in [0.15, 0.2) is 0 Å². The summed E-state index contributed by atoms with van der Waals surface area (Å²) in [5.41, 5.74) is -2.57. The van der Waals surface area contributed by atoms with Gasteiger partial charge < -0.3 is 37.9 Å². The molecule has 0 aromatic heterocycles. The van der Waals surface area contributed by atoms with Crippen molar-refractivity contribution in [1.29, 1.82) is 0 Å². The molecule has 0 saturated heterocycles. The number of alkyl halides is 9. The standard InChI is InChI=1S/2C11H18F2O4.C10H15F3O4.C10H16F2O4/c2*1-5-10(2,3)8(14)16-6-7-17-9(15)11(4,12)13;1-4-9(2,3)7(14)16-5-6-17-8(15)10(11,12)13;1-4-10(2,3)9(14)16-6-5-15-8(13)7(11)12/h2*5-7H2,1-4H3;4-6H2,1-3H3;7H,4-6H2,1-3H3. The lowest BCUT2D eigenvalue weighted by Crippen LogP contribution is -2.30. The minimum Gasteiger partial charge on any atom is -0.462 e. The predicted molar refractivity (Wildman–Crippen MR) is 217 cm³/mol. The van der Waals surface area contributed by atoms with Gasteiger partial charge in [-0.1, -0.05) is 27.7 Å². The van der Waals surface area contributed by atoms with Gasteiger partial charge in [0.25, 0.3) is 0 Å². The van der Waals surface area contributed by atoms with Crippen LogP contribution in [0.2, 0.25) is 0 Å². The topological polar surface area (TPSA) is 210 Å². The molecule has 0 aliphatic rings. The van der Waals surface area contributed by atoms with Crippen LogP contribution >= 0.6 is 0 Å². The summed E-state index contributed by atoms with van der Waals surface area (Å²) in [5, 5.41) is 0. The quantitative estimate of drug-likeness (QED) is 0.0409. The second-order valence-corrected chi connectivity index (χ2v) is 16.6. The van der Waals surface area contributed by atoms with E-state index >= 15 is 0 Å². The Bertz CT molecular complexity index is 1410. The minimum atomic E-state index is -5.02. The van der Waals surface area contributed by atoms with Crippen LogP contribution in [0.1, 0.15) is 123 Å². The number of carbonyl (C=O) groups excluding carboxylic acids is 8. The van der Waals surface area contributed by atoms with E-state index in [2.05, 4.69) is 23.7 Å². The Morgan fingerprint density at radius 1 is 0.328 bits per heavy atom. The molecule has 0 bridgehead atoms. The molecule has 0 radical (unpaired) electrons. The lowest BCUT2D eigenvalue weighted by Gasteiger charge is -2.20. The molecule has 0 atom stereocenters. The summed E-state index contributed by atoms with van der Waals surface area (Å²) in [7, 11) is 0. The van der Waals surface area contributed by atoms with Crippen molar-refractivity contribution < 1.29 is 116 Å². The first-order chi connectivity index (χ1) is 30.1. The van der Waals surface area contributed by atoms with Gasteiger partial charge in [0.1, 0.15) is 52.9 Å². The van der Waals surface area contributed by atoms with Crippen LogP contribution in [0, 0.1) is 21.7 Å². The van der Waals surface area contributed by atoms with Gasteiger partial charge in [0, 0.05) is 13.8 Å². The molecule has 0 unspecified atom stereocenters. The Morgan fingerprint density at radius 2 is 0.507 bits per heavy atom. The Balaban J connectivity index is -0.000000395. The molecule has 0 amide bonds. The fourth-order valence-corrected chi connectivity index (χ4v) is 2.84. The number of hydrogen-bond acceptors (Lipinski definition) is 16. The Kier molecular flexibility index (Phi) is 32.0. The fourth-order valence-electron chi connectivity index (χ4n) is 2.84. The summed E-state index contributed by atoms with van der Waals surface area (Å²) in [5.74, 6) is -16.1. The van der Waals surface area contributed by atoms with E-state index in [1.165, 1.54) is 0 Å². The van der Waals surface area contributed by atoms with Crippen molar-refractivity contribution in [2.24, 2.45) is 21.7 Å². The van der Waals surface area contributed by atoms with Crippen molar-refractivity contribution in [2.45, 2.75) is 147 Å². The van der Waals surface area contributed by atoms with Gasteiger partial charge in [-0.2, -0.15) is 39.5 Å². The summed E-state index contributed by atoms with van der Waals surface area (Å²) in [6.07, 6.45) is -5.84. The van der Waals surface area contributed by atoms with Gasteiger partial charge in [0.2, 0.25) is 0 Å². The highest BCUT2D eigenvalue weighted by Crippen LogP contribution is 2.24. The van der Waals surface area contributed by atoms with Crippen molar-refractivity contribution in [3.05, 3.63) is 0 Å². The number of halogens is 9. The van der Waals surface area contributed by atoms with E-state index in [-0.39, 0.29) is 46.2 Å². The maximum atomic E-state index is 12.4. The van der Waals surface area contributed by atoms with Crippen LogP contribution in [0.15, 0.2) is 0 Å². The van der Waals surface area contributed by atoms with Gasteiger partial charge in [0.05, 0.1) is 21.7 Å². The highest BCUT2D eigenvalue weighted by Gasteiger charge is 2.41. The normalized spacial score (nSPS) is 11.9. The SMILES string of the molecule is CCC(C)(C)C(=O)OCCOC(=O)C(C)(F)F.CCC(C)(C)C(=O)OCCOC(=O)C(C)(F)F.CCC(C)(C)C(=O)OCCOC(=O)C(F)(F)F.CCC(C)(C)C(=O)OCCOC(=O)C(F)F. The predicted octanol–water partition coefficient (Wildman–Crippen LogP) is 8.17. The molecule has 0 saturated carbocycles. The van der Waals surface area contributed by atoms with Crippen LogP contribution in [-0.4, -0.2) is 125 Å². The van der Waals surface area contributed by atoms with Gasteiger partial charge in [-0.05, 0) is 81.1 Å². The van der Waals surface area contributed by atoms with Crippen molar-refractivity contribution in [3.8, 4) is 0 Å². The van der Waals surface area contributed by atoms with Gasteiger partial charge in [-0.25, -0.2) is 19.2 Å². The molecule has 0 aliphatic heterocycles. The van der Waals surface area contributed by atoms with E-state index in [9.17, 15) is 77.9 Å². The van der Waals surface area contributed by atoms with Crippen molar-refractivity contribution in [1.82, 2.24) is 0 Å². The smallest absolute Gasteiger partial charge is 0.462 e. The lowest BCUT2D eigenvalue weighted by atomic mass is 9.91. The third-order valence-electron chi connectivity index (χ3n) is 9.08. The summed E-state index contributed by atoms with van der Waals surface area (Å²) >= 11 is 0. The van der Waals surface area contributed by atoms with E-state index in [0.29, 0.717) is 39.5 Å². The van der Waals surface area contributed by atoms with E-state index in [0.717, 1.165) is 0 Å². The minimum absolute atomic E-state index is 0.208. The summed E-state index contributed by atoms with van der Waals surface area (Å²) in [4.78, 5) is 87.5. The average Bonchev–Trinajstić information content (AvgIpc) is 3.22. The van der Waals surface area contributed by atoms with E-state index < -0.39 is 100 Å². The molecule has 0 aromatic rings. The number of ether oxygens (including phenoxy) is 8. The Labute approximate surface area is 384 Å². The van der Waals surface area contributed by atoms with Crippen molar-refractivity contribution in [3.63, 3.8) is 0 Å². The summed E-state index contributed by atoms with van der Waals surface area (Å²) in [6, 6.07) is 0. The van der Waals surface area contributed by atoms with Crippen molar-refractivity contribution >= 4 is 47.8 Å². The number of hydrogen-bond donors (Lipinski definition) is 0. The fraction of sp³-hybridized carbons (Fsp3) is 0.810. The zero-order valence-corrected chi connectivity index (χ0v) is 40.5. The number of carbonyl (C=O) groups is 8. The second-order valence-electron chi connectivity index (χ2n) is 16.6. The first-order valence-electron chi connectivity index (χ1n) is 20.6. The van der Waals surface area contributed by atoms with E-state index in [1.54, 1.807) is 62.3 Å². The highest BCUT2D eigenvalue weighted by atomic mass is 19.4. The Morgan fingerprint density at radius 3 is 0.672 bits per heavy atom. The molecule has 67 heavy (non-hydrogen) atoms. The second kappa shape index (κ2) is 31.2. The van der Waals surface area contributed by atoms with E-state index in [4.69, 9.17) is 14.2 Å². The molecular formula is C42H67F9O16. The molecule has 16 nitrogen and oxygen atoms in total. The van der Waals surface area contributed by atoms with Crippen LogP contribution in [0.3, 0.4) is 0 Å². The molecule has 0 aliphatic carbocycles. The number of esters is 8. The van der Waals surface area contributed by atoms with Gasteiger partial charge in [-0.15, -0.1) is 0 Å². The molecule has 0 fully saturated rings. The van der Waals surface area contributed by atoms with Crippen LogP contribution in [0.5, 0.6) is 0 Å². The molecule has 0 aromatic carbocycles. The molecule has 0 rings (SSSR count). The molecule has 25 heteroatoms. The maximum Gasteiger partial charge on any atom is 0.490 e. The molecule has 394 valence electrons. The number of rotatable bonds is 23. The largest absolute Gasteiger partial charge is 0.490 e. The van der Waals surface area contributed by atoms with Crippen LogP contribution < -0.4 is 0 Å². The molecule has 0 spiro atoms. The third kappa shape index (κ3) is 32.5. The first kappa shape index (κ1) is 68.7. The summed E-state index contributed by atoms with van der Waals surface area (Å²) in [6.45, 7) is 19.0. The molecule has 0 heterocycles. The molecular weight excluding hydrogens is 931 g/mol. The monoisotopic (exact) mass is 998 g/mol. The van der Waals surface area contributed by atoms with Crippen LogP contribution in [0.25, 0.3) is 0 Å². The van der Waals surface area contributed by atoms with E-state index in [1.807, 2.05) is 20.8 Å². The third-order valence-corrected chi connectivity index (χ3v) is 9.08. The maximum absolute atomic E-state index is 12.4. The van der Waals surface area contributed by atoms with Gasteiger partial charge >= 0.3 is 72.2 Å². The zero-order valence-electron chi connectivity index (χ0n) is 40.5. The van der Waals surface area contributed by atoms with Gasteiger partial charge in [-0.3, -0.25) is 19.2 Å². The Hall–Kier alpha value is -4.87. The average molecular weight is 999 g/mol.